The summed E-state index contributed by atoms with van der Waals surface area (Å²) in [5.74, 6) is 0.263. The number of hydrogen-bond acceptors (Lipinski definition) is 3. The number of ether oxygens (including phenoxy) is 1. The van der Waals surface area contributed by atoms with Gasteiger partial charge in [0.2, 0.25) is 0 Å². The van der Waals surface area contributed by atoms with Crippen LogP contribution in [0.4, 0.5) is 0 Å². The number of nitrogens with zero attached hydrogens (tertiary/aromatic N) is 1. The van der Waals surface area contributed by atoms with E-state index in [0.717, 1.165) is 5.39 Å². The first-order chi connectivity index (χ1) is 8.69. The minimum absolute atomic E-state index is 0.258. The summed E-state index contributed by atoms with van der Waals surface area (Å²) < 4.78 is 5.40. The molecule has 2 rings (SSSR count). The Bertz CT molecular complexity index is 659. The smallest absolute Gasteiger partial charge is 0.256 e. The highest BCUT2D eigenvalue weighted by Gasteiger charge is 2.19. The predicted molar refractivity (Wildman–Crippen MR) is 70.0 cm³/mol. The third-order valence-electron chi connectivity index (χ3n) is 2.61. The highest BCUT2D eigenvalue weighted by molar-refractivity contribution is 6.69. The van der Waals surface area contributed by atoms with E-state index in [4.69, 9.17) is 21.6 Å². The van der Waals surface area contributed by atoms with Crippen LogP contribution in [-0.2, 0) is 0 Å². The fourth-order valence-corrected chi connectivity index (χ4v) is 2.09. The molecule has 2 aromatic rings. The maximum Gasteiger partial charge on any atom is 0.256 e. The molecule has 0 heterocycles. The quantitative estimate of drug-likeness (QED) is 0.793. The number of carbonyl (C=O) groups excluding carboxylic acids is 1. The van der Waals surface area contributed by atoms with Crippen LogP contribution in [0.15, 0.2) is 30.3 Å². The molecule has 18 heavy (non-hydrogen) atoms. The van der Waals surface area contributed by atoms with E-state index in [1.54, 1.807) is 19.1 Å². The van der Waals surface area contributed by atoms with Gasteiger partial charge in [-0.05, 0) is 35.4 Å². The van der Waals surface area contributed by atoms with Crippen LogP contribution in [-0.4, -0.2) is 11.8 Å². The highest BCUT2D eigenvalue weighted by Crippen LogP contribution is 2.33. The van der Waals surface area contributed by atoms with Gasteiger partial charge in [-0.3, -0.25) is 4.79 Å². The Morgan fingerprint density at radius 2 is 2.17 bits per heavy atom. The standard InChI is InChI=1S/C14H10ClNO2/c1-2-18-13-10(8-16)7-9-5-3-4-6-11(9)12(13)14(15)17/h3-7H,2H2,1H3. The van der Waals surface area contributed by atoms with Gasteiger partial charge in [-0.15, -0.1) is 0 Å². The number of rotatable bonds is 3. The first-order valence-electron chi connectivity index (χ1n) is 5.47. The third kappa shape index (κ3) is 2.03. The topological polar surface area (TPSA) is 50.1 Å². The Labute approximate surface area is 110 Å². The molecule has 0 N–H and O–H groups in total. The summed E-state index contributed by atoms with van der Waals surface area (Å²) >= 11 is 5.62. The molecule has 4 heteroatoms. The van der Waals surface area contributed by atoms with Crippen LogP contribution in [0.25, 0.3) is 10.8 Å². The minimum Gasteiger partial charge on any atom is -0.492 e. The molecule has 0 saturated heterocycles. The van der Waals surface area contributed by atoms with Crippen molar-refractivity contribution in [3.63, 3.8) is 0 Å². The highest BCUT2D eigenvalue weighted by atomic mass is 35.5. The Hall–Kier alpha value is -2.05. The van der Waals surface area contributed by atoms with Gasteiger partial charge in [0.15, 0.2) is 0 Å². The van der Waals surface area contributed by atoms with Gasteiger partial charge >= 0.3 is 0 Å². The fraction of sp³-hybridized carbons (Fsp3) is 0.143. The largest absolute Gasteiger partial charge is 0.492 e. The van der Waals surface area contributed by atoms with Crippen molar-refractivity contribution in [3.8, 4) is 11.8 Å². The Morgan fingerprint density at radius 3 is 2.78 bits per heavy atom. The lowest BCUT2D eigenvalue weighted by molar-refractivity contribution is 0.107. The van der Waals surface area contributed by atoms with E-state index in [0.29, 0.717) is 17.6 Å². The van der Waals surface area contributed by atoms with Crippen LogP contribution < -0.4 is 4.74 Å². The van der Waals surface area contributed by atoms with Crippen molar-refractivity contribution in [3.05, 3.63) is 41.5 Å². The van der Waals surface area contributed by atoms with Crippen LogP contribution in [0.5, 0.6) is 5.75 Å². The van der Waals surface area contributed by atoms with Gasteiger partial charge in [-0.25, -0.2) is 0 Å². The molecule has 0 fully saturated rings. The zero-order valence-electron chi connectivity index (χ0n) is 9.74. The summed E-state index contributed by atoms with van der Waals surface area (Å²) in [5.41, 5.74) is 0.577. The molecule has 0 radical (unpaired) electrons. The van der Waals surface area contributed by atoms with Crippen molar-refractivity contribution in [1.82, 2.24) is 0 Å². The predicted octanol–water partition coefficient (Wildman–Crippen LogP) is 3.49. The lowest BCUT2D eigenvalue weighted by Crippen LogP contribution is -2.03. The van der Waals surface area contributed by atoms with Crippen LogP contribution >= 0.6 is 11.6 Å². The molecule has 2 aromatic carbocycles. The summed E-state index contributed by atoms with van der Waals surface area (Å²) in [4.78, 5) is 11.6. The molecule has 0 saturated carbocycles. The minimum atomic E-state index is -0.619. The molecule has 0 aliphatic carbocycles. The summed E-state index contributed by atoms with van der Waals surface area (Å²) in [6.45, 7) is 2.16. The molecule has 90 valence electrons. The number of nitriles is 1. The van der Waals surface area contributed by atoms with Crippen LogP contribution in [0.2, 0.25) is 0 Å². The monoisotopic (exact) mass is 259 g/mol. The lowest BCUT2D eigenvalue weighted by atomic mass is 10.0. The summed E-state index contributed by atoms with van der Waals surface area (Å²) in [5, 5.41) is 10.00. The van der Waals surface area contributed by atoms with Crippen LogP contribution in [0.1, 0.15) is 22.8 Å². The van der Waals surface area contributed by atoms with Gasteiger partial charge in [0, 0.05) is 0 Å². The summed E-state index contributed by atoms with van der Waals surface area (Å²) in [7, 11) is 0. The Balaban J connectivity index is 2.89. The average molecular weight is 260 g/mol. The van der Waals surface area contributed by atoms with Gasteiger partial charge in [0.05, 0.1) is 17.7 Å². The van der Waals surface area contributed by atoms with E-state index >= 15 is 0 Å². The zero-order valence-corrected chi connectivity index (χ0v) is 10.5. The van der Waals surface area contributed by atoms with Crippen LogP contribution in [0.3, 0.4) is 0 Å². The Morgan fingerprint density at radius 1 is 1.44 bits per heavy atom. The SMILES string of the molecule is CCOc1c(C#N)cc2ccccc2c1C(=O)Cl. The number of fused-ring (bicyclic) bond motifs is 1. The molecule has 3 nitrogen and oxygen atoms in total. The molecular formula is C14H10ClNO2. The van der Waals surface area contributed by atoms with Gasteiger partial charge in [0.25, 0.3) is 5.24 Å². The first-order valence-corrected chi connectivity index (χ1v) is 5.85. The van der Waals surface area contributed by atoms with E-state index < -0.39 is 5.24 Å². The molecule has 0 aliphatic heterocycles. The normalized spacial score (nSPS) is 10.1. The van der Waals surface area contributed by atoms with Crippen molar-refractivity contribution in [2.75, 3.05) is 6.61 Å². The number of hydrogen-bond donors (Lipinski definition) is 0. The van der Waals surface area contributed by atoms with Crippen molar-refractivity contribution in [2.45, 2.75) is 6.92 Å². The van der Waals surface area contributed by atoms with E-state index in [9.17, 15) is 4.79 Å². The second-order valence-corrected chi connectivity index (χ2v) is 4.01. The molecule has 0 spiro atoms. The third-order valence-corrected chi connectivity index (χ3v) is 2.80. The maximum atomic E-state index is 11.6. The zero-order chi connectivity index (χ0) is 13.1. The van der Waals surface area contributed by atoms with E-state index in [1.807, 2.05) is 24.3 Å². The fourth-order valence-electron chi connectivity index (χ4n) is 1.90. The molecule has 0 bridgehead atoms. The van der Waals surface area contributed by atoms with Crippen molar-refractivity contribution < 1.29 is 9.53 Å². The second kappa shape index (κ2) is 5.07. The van der Waals surface area contributed by atoms with Crippen molar-refractivity contribution >= 4 is 27.6 Å². The number of benzene rings is 2. The average Bonchev–Trinajstić information content (AvgIpc) is 2.37. The lowest BCUT2D eigenvalue weighted by Gasteiger charge is -2.12. The number of carbonyl (C=O) groups is 1. The van der Waals surface area contributed by atoms with Gasteiger partial charge in [-0.1, -0.05) is 24.3 Å². The van der Waals surface area contributed by atoms with E-state index in [2.05, 4.69) is 0 Å². The Kier molecular flexibility index (Phi) is 3.50. The van der Waals surface area contributed by atoms with E-state index in [1.165, 1.54) is 0 Å². The van der Waals surface area contributed by atoms with Gasteiger partial charge in [-0.2, -0.15) is 5.26 Å². The van der Waals surface area contributed by atoms with E-state index in [-0.39, 0.29) is 11.3 Å². The molecule has 0 aliphatic rings. The molecule has 0 aromatic heterocycles. The summed E-state index contributed by atoms with van der Waals surface area (Å²) in [6, 6.07) is 11.0. The molecule has 0 atom stereocenters. The summed E-state index contributed by atoms with van der Waals surface area (Å²) in [6.07, 6.45) is 0. The number of halogens is 1. The van der Waals surface area contributed by atoms with Crippen molar-refractivity contribution in [2.24, 2.45) is 0 Å². The van der Waals surface area contributed by atoms with Gasteiger partial charge in [0.1, 0.15) is 11.8 Å². The second-order valence-electron chi connectivity index (χ2n) is 3.67. The van der Waals surface area contributed by atoms with Gasteiger partial charge < -0.3 is 4.74 Å². The maximum absolute atomic E-state index is 11.6. The molecular weight excluding hydrogens is 250 g/mol. The van der Waals surface area contributed by atoms with Crippen LogP contribution in [0, 0.1) is 11.3 Å². The molecule has 0 amide bonds. The van der Waals surface area contributed by atoms with Crippen molar-refractivity contribution in [1.29, 1.82) is 5.26 Å². The first kappa shape index (κ1) is 12.4. The molecule has 0 unspecified atom stereocenters.